The first-order valence-electron chi connectivity index (χ1n) is 3.43. The van der Waals surface area contributed by atoms with Crippen LogP contribution in [0.25, 0.3) is 0 Å². The van der Waals surface area contributed by atoms with Crippen molar-refractivity contribution in [3.63, 3.8) is 0 Å². The van der Waals surface area contributed by atoms with E-state index in [4.69, 9.17) is 0 Å². The van der Waals surface area contributed by atoms with Gasteiger partial charge in [-0.15, -0.1) is 0 Å². The van der Waals surface area contributed by atoms with E-state index in [1.165, 1.54) is 7.11 Å². The van der Waals surface area contributed by atoms with Crippen molar-refractivity contribution in [2.75, 3.05) is 13.7 Å². The number of ether oxygens (including phenoxy) is 1. The minimum absolute atomic E-state index is 0.128. The zero-order chi connectivity index (χ0) is 8.62. The molecule has 1 nitrogen and oxygen atoms in total. The summed E-state index contributed by atoms with van der Waals surface area (Å²) in [4.78, 5) is 0. The molecule has 0 bridgehead atoms. The summed E-state index contributed by atoms with van der Waals surface area (Å²) >= 11 is 0. The Balaban J connectivity index is 0. The predicted octanol–water partition coefficient (Wildman–Crippen LogP) is 2.70. The van der Waals surface area contributed by atoms with Crippen molar-refractivity contribution in [2.24, 2.45) is 0 Å². The molecule has 0 aliphatic heterocycles. The molecule has 0 heterocycles. The monoisotopic (exact) mass is 154 g/mol. The second kappa shape index (κ2) is 6.93. The number of rotatable bonds is 3. The minimum atomic E-state index is -2.57. The molecule has 0 unspecified atom stereocenters. The molecule has 0 rings (SSSR count). The second-order valence-electron chi connectivity index (χ2n) is 1.81. The Morgan fingerprint density at radius 1 is 1.30 bits per heavy atom. The van der Waals surface area contributed by atoms with Crippen LogP contribution in [0.15, 0.2) is 0 Å². The van der Waals surface area contributed by atoms with Crippen molar-refractivity contribution in [1.29, 1.82) is 0 Å². The van der Waals surface area contributed by atoms with Crippen molar-refractivity contribution in [3.05, 3.63) is 0 Å². The maximum Gasteiger partial charge on any atom is 0.247 e. The molecule has 0 radical (unpaired) electrons. The van der Waals surface area contributed by atoms with Crippen molar-refractivity contribution in [1.82, 2.24) is 0 Å². The number of alkyl halides is 2. The third-order valence-electron chi connectivity index (χ3n) is 0.745. The first-order chi connectivity index (χ1) is 4.56. The van der Waals surface area contributed by atoms with Gasteiger partial charge in [0.1, 0.15) is 0 Å². The topological polar surface area (TPSA) is 9.23 Å². The first-order valence-corrected chi connectivity index (χ1v) is 3.43. The van der Waals surface area contributed by atoms with Crippen LogP contribution in [0, 0.1) is 0 Å². The van der Waals surface area contributed by atoms with Gasteiger partial charge in [0.15, 0.2) is 0 Å². The standard InChI is InChI=1S/C5H10F2O.C2H6/c1-5(6,7)3-4-8-2;1-2/h3-4H2,1-2H3;1-2H3. The van der Waals surface area contributed by atoms with Crippen LogP contribution in [-0.4, -0.2) is 19.6 Å². The Kier molecular flexibility index (Phi) is 8.66. The molecule has 0 aromatic heterocycles. The maximum atomic E-state index is 11.8. The molecule has 0 aliphatic rings. The highest BCUT2D eigenvalue weighted by molar-refractivity contribution is 4.55. The summed E-state index contributed by atoms with van der Waals surface area (Å²) in [7, 11) is 1.41. The van der Waals surface area contributed by atoms with Crippen LogP contribution in [0.3, 0.4) is 0 Å². The van der Waals surface area contributed by atoms with Gasteiger partial charge in [0.05, 0.1) is 6.61 Å². The van der Waals surface area contributed by atoms with Crippen molar-refractivity contribution >= 4 is 0 Å². The number of hydrogen-bond donors (Lipinski definition) is 0. The van der Waals surface area contributed by atoms with Gasteiger partial charge in [0, 0.05) is 13.5 Å². The number of halogens is 2. The fraction of sp³-hybridized carbons (Fsp3) is 1.00. The fourth-order valence-electron chi connectivity index (χ4n) is 0.281. The first kappa shape index (κ1) is 12.5. The van der Waals surface area contributed by atoms with Crippen LogP contribution < -0.4 is 0 Å². The van der Waals surface area contributed by atoms with Gasteiger partial charge in [-0.25, -0.2) is 8.78 Å². The Hall–Kier alpha value is -0.180. The number of hydrogen-bond acceptors (Lipinski definition) is 1. The molecule has 10 heavy (non-hydrogen) atoms. The van der Waals surface area contributed by atoms with Gasteiger partial charge >= 0.3 is 0 Å². The lowest BCUT2D eigenvalue weighted by atomic mass is 10.3. The summed E-state index contributed by atoms with van der Waals surface area (Å²) in [5, 5.41) is 0. The highest BCUT2D eigenvalue weighted by Crippen LogP contribution is 2.15. The van der Waals surface area contributed by atoms with Gasteiger partial charge in [-0.1, -0.05) is 13.8 Å². The van der Waals surface area contributed by atoms with E-state index in [-0.39, 0.29) is 13.0 Å². The second-order valence-corrected chi connectivity index (χ2v) is 1.81. The highest BCUT2D eigenvalue weighted by atomic mass is 19.3. The average molecular weight is 154 g/mol. The zero-order valence-corrected chi connectivity index (χ0v) is 7.08. The number of methoxy groups -OCH3 is 1. The van der Waals surface area contributed by atoms with Gasteiger partial charge in [-0.05, 0) is 6.92 Å². The molecule has 0 amide bonds. The molecule has 3 heteroatoms. The van der Waals surface area contributed by atoms with E-state index < -0.39 is 5.92 Å². The Morgan fingerprint density at radius 2 is 1.70 bits per heavy atom. The lowest BCUT2D eigenvalue weighted by Crippen LogP contribution is -2.12. The molecule has 0 saturated carbocycles. The van der Waals surface area contributed by atoms with Gasteiger partial charge in [0.2, 0.25) is 5.92 Å². The van der Waals surface area contributed by atoms with Gasteiger partial charge < -0.3 is 4.74 Å². The molecule has 64 valence electrons. The molecule has 0 aromatic carbocycles. The molecular weight excluding hydrogens is 138 g/mol. The molecular formula is C7H16F2O. The Bertz CT molecular complexity index is 59.1. The zero-order valence-electron chi connectivity index (χ0n) is 7.08. The van der Waals surface area contributed by atoms with E-state index in [0.29, 0.717) is 0 Å². The van der Waals surface area contributed by atoms with Crippen LogP contribution in [0.5, 0.6) is 0 Å². The highest BCUT2D eigenvalue weighted by Gasteiger charge is 2.19. The molecule has 0 N–H and O–H groups in total. The van der Waals surface area contributed by atoms with E-state index in [1.54, 1.807) is 0 Å². The van der Waals surface area contributed by atoms with Crippen molar-refractivity contribution in [2.45, 2.75) is 33.1 Å². The predicted molar refractivity (Wildman–Crippen MR) is 38.5 cm³/mol. The third-order valence-corrected chi connectivity index (χ3v) is 0.745. The summed E-state index contributed by atoms with van der Waals surface area (Å²) in [6.07, 6.45) is -0.191. The van der Waals surface area contributed by atoms with Crippen LogP contribution in [0.4, 0.5) is 8.78 Å². The van der Waals surface area contributed by atoms with Gasteiger partial charge in [-0.3, -0.25) is 0 Å². The summed E-state index contributed by atoms with van der Waals surface area (Å²) in [6, 6.07) is 0. The summed E-state index contributed by atoms with van der Waals surface area (Å²) in [6.45, 7) is 5.01. The largest absolute Gasteiger partial charge is 0.384 e. The molecule has 0 fully saturated rings. The average Bonchev–Trinajstić information content (AvgIpc) is 1.87. The molecule has 0 spiro atoms. The lowest BCUT2D eigenvalue weighted by Gasteiger charge is -2.07. The van der Waals surface area contributed by atoms with E-state index >= 15 is 0 Å². The SMILES string of the molecule is CC.COCCC(C)(F)F. The summed E-state index contributed by atoms with van der Waals surface area (Å²) in [5.41, 5.74) is 0. The molecule has 0 aliphatic carbocycles. The summed E-state index contributed by atoms with van der Waals surface area (Å²) in [5.74, 6) is -2.57. The van der Waals surface area contributed by atoms with Crippen molar-refractivity contribution < 1.29 is 13.5 Å². The van der Waals surface area contributed by atoms with Crippen LogP contribution in [-0.2, 0) is 4.74 Å². The van der Waals surface area contributed by atoms with Crippen LogP contribution in [0.2, 0.25) is 0 Å². The van der Waals surface area contributed by atoms with Crippen LogP contribution in [0.1, 0.15) is 27.2 Å². The van der Waals surface area contributed by atoms with Gasteiger partial charge in [-0.2, -0.15) is 0 Å². The molecule has 0 saturated heterocycles. The molecule has 0 aromatic rings. The molecule has 0 atom stereocenters. The van der Waals surface area contributed by atoms with Crippen LogP contribution >= 0.6 is 0 Å². The maximum absolute atomic E-state index is 11.8. The normalized spacial score (nSPS) is 10.2. The van der Waals surface area contributed by atoms with E-state index in [0.717, 1.165) is 6.92 Å². The quantitative estimate of drug-likeness (QED) is 0.607. The summed E-state index contributed by atoms with van der Waals surface area (Å²) < 4.78 is 28.1. The van der Waals surface area contributed by atoms with Gasteiger partial charge in [0.25, 0.3) is 0 Å². The van der Waals surface area contributed by atoms with E-state index in [9.17, 15) is 8.78 Å². The third kappa shape index (κ3) is 15.7. The lowest BCUT2D eigenvalue weighted by molar-refractivity contribution is -0.00890. The Morgan fingerprint density at radius 3 is 1.80 bits per heavy atom. The van der Waals surface area contributed by atoms with E-state index in [1.807, 2.05) is 13.8 Å². The fourth-order valence-corrected chi connectivity index (χ4v) is 0.281. The van der Waals surface area contributed by atoms with Crippen molar-refractivity contribution in [3.8, 4) is 0 Å². The minimum Gasteiger partial charge on any atom is -0.384 e. The van der Waals surface area contributed by atoms with E-state index in [2.05, 4.69) is 4.74 Å². The smallest absolute Gasteiger partial charge is 0.247 e. The Labute approximate surface area is 61.4 Å².